The van der Waals surface area contributed by atoms with E-state index < -0.39 is 68.3 Å². The standard InChI is InChI=1S/C12H19NO5.C9H16O2.C8H15NO2.C7H10F6O6S2.C5H9NO.C4H4O3.2CH4/c1-3-9(14)7-13(8-10(15)4-2)11(16)5-6-12(17)18;1-3-8(10)6-5-7-9(11)4-2;1-3-7(10)5-9-6-8(11)4-2;8-6(9,10)20(14,15)18-4-2-1-3-5-19-21(16,17)7(11,12)13;1-2-5-6-3-4-7-5;5-3-1-2-4(6)7-3;;/h3-8H2,1-2H3,(H,17,18);3-7H2,1-2H3;9H,3-6H2,1-2H3;1-5H2;2-4H2,1H3;1-2H2;2*1H4/p+1. The number of hydrogen-bond donors (Lipinski definition) is 2. The number of carbonyl (C=O) groups is 10. The van der Waals surface area contributed by atoms with Gasteiger partial charge in [-0.1, -0.05) is 63.3 Å². The number of cyclic esters (lactones) is 2. The van der Waals surface area contributed by atoms with Crippen LogP contribution < -0.4 is 5.32 Å². The number of alkyl halides is 6. The Balaban J connectivity index is -0.000000160. The second-order valence-electron chi connectivity index (χ2n) is 15.3. The number of nitrogens with one attached hydrogen (secondary N) is 1. The van der Waals surface area contributed by atoms with E-state index in [1.165, 1.54) is 0 Å². The number of nitrogens with zero attached hydrogens (tertiary/aromatic N) is 2. The van der Waals surface area contributed by atoms with Crippen LogP contribution in [0.4, 0.5) is 26.3 Å². The number of Topliss-reactive ketones (excluding diaryl/α,β-unsaturated/α-hetero) is 6. The average Bonchev–Trinajstić information content (AvgIpc) is 4.03. The minimum atomic E-state index is -5.71. The summed E-state index contributed by atoms with van der Waals surface area (Å²) in [6.07, 6.45) is 5.10. The first kappa shape index (κ1) is 83.3. The molecule has 1 amide bonds. The Morgan fingerprint density at radius 2 is 0.974 bits per heavy atom. The minimum Gasteiger partial charge on any atom is -0.481 e. The Morgan fingerprint density at radius 3 is 1.23 bits per heavy atom. The summed E-state index contributed by atoms with van der Waals surface area (Å²) in [7, 11) is -11.4. The van der Waals surface area contributed by atoms with E-state index >= 15 is 0 Å². The molecule has 0 atom stereocenters. The van der Waals surface area contributed by atoms with E-state index in [-0.39, 0.29) is 122 Å². The second-order valence-corrected chi connectivity index (χ2v) is 18.5. The predicted molar refractivity (Wildman–Crippen MR) is 271 cm³/mol. The molecule has 1 saturated heterocycles. The lowest BCUT2D eigenvalue weighted by Crippen LogP contribution is -2.39. The van der Waals surface area contributed by atoms with Gasteiger partial charge in [-0.3, -0.25) is 61.3 Å². The van der Waals surface area contributed by atoms with Crippen LogP contribution in [0.15, 0.2) is 4.99 Å². The maximum Gasteiger partial charge on any atom is 1.00 e. The molecule has 0 bridgehead atoms. The number of aliphatic imine (C=N–C) groups is 1. The zero-order valence-electron chi connectivity index (χ0n) is 44.5. The molecule has 2 rings (SSSR count). The summed E-state index contributed by atoms with van der Waals surface area (Å²) in [4.78, 5) is 113. The molecule has 77 heavy (non-hydrogen) atoms. The van der Waals surface area contributed by atoms with Gasteiger partial charge >= 0.3 is 50.6 Å². The first-order chi connectivity index (χ1) is 34.7. The fourth-order valence-corrected chi connectivity index (χ4v) is 5.50. The van der Waals surface area contributed by atoms with Crippen LogP contribution in [-0.4, -0.2) is 155 Å². The van der Waals surface area contributed by atoms with Crippen molar-refractivity contribution in [1.82, 2.24) is 10.2 Å². The number of carboxylic acids is 1. The maximum absolute atomic E-state index is 11.8. The number of ether oxygens (including phenoxy) is 2. The lowest BCUT2D eigenvalue weighted by Gasteiger charge is -2.20. The Bertz CT molecular complexity index is 1910. The van der Waals surface area contributed by atoms with E-state index in [0.29, 0.717) is 51.6 Å². The maximum atomic E-state index is 11.8. The van der Waals surface area contributed by atoms with Gasteiger partial charge in [0.15, 0.2) is 17.5 Å². The van der Waals surface area contributed by atoms with E-state index in [0.717, 1.165) is 36.8 Å². The number of ketones is 6. The van der Waals surface area contributed by atoms with E-state index in [1.54, 1.807) is 13.8 Å². The molecule has 0 unspecified atom stereocenters. The Hall–Kier alpha value is -5.07. The van der Waals surface area contributed by atoms with Gasteiger partial charge in [-0.25, -0.2) is 0 Å². The molecule has 0 aromatic carbocycles. The number of unbranched alkanes of at least 4 members (excludes halogenated alkanes) is 2. The van der Waals surface area contributed by atoms with Crippen molar-refractivity contribution >= 4 is 84.6 Å². The number of esters is 2. The molecule has 0 aliphatic carbocycles. The van der Waals surface area contributed by atoms with Gasteiger partial charge in [-0.15, -0.1) is 0 Å². The van der Waals surface area contributed by atoms with Crippen LogP contribution in [0.1, 0.15) is 174 Å². The van der Waals surface area contributed by atoms with Gasteiger partial charge in [-0.2, -0.15) is 43.2 Å². The van der Waals surface area contributed by atoms with Crippen LogP contribution in [0.25, 0.3) is 0 Å². The molecule has 22 nitrogen and oxygen atoms in total. The molecule has 0 saturated carbocycles. The molecule has 2 aliphatic rings. The van der Waals surface area contributed by atoms with Gasteiger partial charge in [0.25, 0.3) is 0 Å². The SMILES string of the molecule is C.C.CCC(=O)CCCC(=O)CC.CCC(=O)CN(CC(=O)CC)C(=O)CCC(=O)O.CCC(=O)CNCC(=O)CC.CCC1=NCCO1.O=C1CCC(=O)O1.O=S(=O)(OCCCCCOS(=O)(=O)C(F)(F)F)C(F)(F)F.[H+]. The summed E-state index contributed by atoms with van der Waals surface area (Å²) >= 11 is 0. The third-order valence-electron chi connectivity index (χ3n) is 9.11. The monoisotopic (exact) mass is 1170 g/mol. The normalized spacial score (nSPS) is 12.5. The number of aliphatic carboxylic acids is 1. The van der Waals surface area contributed by atoms with Crippen molar-refractivity contribution in [1.29, 1.82) is 0 Å². The van der Waals surface area contributed by atoms with E-state index in [1.807, 2.05) is 34.6 Å². The van der Waals surface area contributed by atoms with Gasteiger partial charge < -0.3 is 24.8 Å². The minimum absolute atomic E-state index is 0. The largest absolute Gasteiger partial charge is 1.00 e. The molecule has 1 fully saturated rings. The number of carboxylic acid groups (broad SMARTS) is 1. The molecule has 30 heteroatoms. The third-order valence-corrected chi connectivity index (χ3v) is 11.2. The van der Waals surface area contributed by atoms with Crippen LogP contribution >= 0.6 is 0 Å². The van der Waals surface area contributed by atoms with Crippen LogP contribution in [0.2, 0.25) is 0 Å². The van der Waals surface area contributed by atoms with Gasteiger partial charge in [-0.05, 0) is 25.7 Å². The lowest BCUT2D eigenvalue weighted by atomic mass is 10.1. The molecule has 0 aromatic heterocycles. The zero-order chi connectivity index (χ0) is 58.8. The lowest BCUT2D eigenvalue weighted by molar-refractivity contribution is -0.152. The van der Waals surface area contributed by atoms with Gasteiger partial charge in [0, 0.05) is 64.2 Å². The van der Waals surface area contributed by atoms with Gasteiger partial charge in [0.1, 0.15) is 29.7 Å². The highest BCUT2D eigenvalue weighted by molar-refractivity contribution is 7.87. The molecule has 0 spiro atoms. The van der Waals surface area contributed by atoms with E-state index in [4.69, 9.17) is 9.84 Å². The van der Waals surface area contributed by atoms with Crippen molar-refractivity contribution in [3.63, 3.8) is 0 Å². The topological polar surface area (TPSA) is 324 Å². The Labute approximate surface area is 450 Å². The molecule has 2 aliphatic heterocycles. The molecule has 2 N–H and O–H groups in total. The molecule has 452 valence electrons. The Morgan fingerprint density at radius 1 is 0.597 bits per heavy atom. The average molecular weight is 1170 g/mol. The zero-order valence-corrected chi connectivity index (χ0v) is 45.1. The molecular weight excluding hydrogens is 1090 g/mol. The predicted octanol–water partition coefficient (Wildman–Crippen LogP) is 7.24. The summed E-state index contributed by atoms with van der Waals surface area (Å²) in [5.41, 5.74) is -11.1. The summed E-state index contributed by atoms with van der Waals surface area (Å²) in [6, 6.07) is 0. The van der Waals surface area contributed by atoms with Crippen molar-refractivity contribution < 1.29 is 115 Å². The van der Waals surface area contributed by atoms with Crippen LogP contribution in [-0.2, 0) is 86.0 Å². The molecule has 0 radical (unpaired) electrons. The summed E-state index contributed by atoms with van der Waals surface area (Å²) in [5, 5.41) is 11.3. The van der Waals surface area contributed by atoms with E-state index in [2.05, 4.69) is 23.4 Å². The number of rotatable bonds is 30. The summed E-state index contributed by atoms with van der Waals surface area (Å²) in [6.45, 7) is 13.1. The van der Waals surface area contributed by atoms with E-state index in [9.17, 15) is 91.1 Å². The Kier molecular flexibility index (Phi) is 50.8. The number of carbonyl (C=O) groups excluding carboxylic acids is 9. The third kappa shape index (κ3) is 47.8. The molecule has 2 heterocycles. The van der Waals surface area contributed by atoms with Crippen molar-refractivity contribution in [2.45, 2.75) is 183 Å². The van der Waals surface area contributed by atoms with Crippen LogP contribution in [0, 0.1) is 0 Å². The van der Waals surface area contributed by atoms with Crippen molar-refractivity contribution in [2.24, 2.45) is 4.99 Å². The highest BCUT2D eigenvalue weighted by atomic mass is 32.2. The first-order valence-electron chi connectivity index (χ1n) is 23.8. The number of halogens is 6. The van der Waals surface area contributed by atoms with Crippen molar-refractivity contribution in [3.05, 3.63) is 0 Å². The highest BCUT2D eigenvalue weighted by Gasteiger charge is 2.48. The van der Waals surface area contributed by atoms with Gasteiger partial charge in [0.2, 0.25) is 5.91 Å². The van der Waals surface area contributed by atoms with Gasteiger partial charge in [0.05, 0.1) is 65.2 Å². The second kappa shape index (κ2) is 47.0. The van der Waals surface area contributed by atoms with Crippen molar-refractivity contribution in [3.8, 4) is 0 Å². The quantitative estimate of drug-likeness (QED) is 0.0179. The van der Waals surface area contributed by atoms with Crippen LogP contribution in [0.5, 0.6) is 0 Å². The smallest absolute Gasteiger partial charge is 0.481 e. The summed E-state index contributed by atoms with van der Waals surface area (Å²) < 4.78 is 129. The number of amides is 1. The van der Waals surface area contributed by atoms with Crippen molar-refractivity contribution in [2.75, 3.05) is 52.5 Å². The fraction of sp³-hybridized carbons (Fsp3) is 0.766. The summed E-state index contributed by atoms with van der Waals surface area (Å²) in [5.74, 6) is -0.918. The highest BCUT2D eigenvalue weighted by Crippen LogP contribution is 2.26. The fourth-order valence-electron chi connectivity index (χ4n) is 4.56. The first-order valence-corrected chi connectivity index (χ1v) is 26.7. The molecular formula is C47H82F6N3O19S2+. The number of hydrogen-bond acceptors (Lipinski definition) is 20. The van der Waals surface area contributed by atoms with Crippen LogP contribution in [0.3, 0.4) is 0 Å². The molecule has 0 aromatic rings.